The smallest absolute Gasteiger partial charge is 0.221 e. The van der Waals surface area contributed by atoms with Crippen molar-refractivity contribution in [2.24, 2.45) is 0 Å². The number of benzene rings is 1. The summed E-state index contributed by atoms with van der Waals surface area (Å²) in [5, 5.41) is 6.44. The van der Waals surface area contributed by atoms with Gasteiger partial charge in [0.15, 0.2) is 0 Å². The highest BCUT2D eigenvalue weighted by Gasteiger charge is 2.30. The fourth-order valence-electron chi connectivity index (χ4n) is 3.49. The first-order chi connectivity index (χ1) is 11.5. The summed E-state index contributed by atoms with van der Waals surface area (Å²) in [6, 6.07) is 8.80. The monoisotopic (exact) mass is 331 g/mol. The number of amides is 1. The van der Waals surface area contributed by atoms with E-state index < -0.39 is 0 Å². The number of nitrogens with one attached hydrogen (secondary N) is 2. The van der Waals surface area contributed by atoms with Crippen LogP contribution in [0.2, 0.25) is 0 Å². The molecule has 2 N–H and O–H groups in total. The van der Waals surface area contributed by atoms with E-state index in [1.807, 2.05) is 0 Å². The molecule has 132 valence electrons. The lowest BCUT2D eigenvalue weighted by molar-refractivity contribution is -0.122. The maximum atomic E-state index is 12.2. The van der Waals surface area contributed by atoms with Crippen LogP contribution in [0.1, 0.15) is 31.4 Å². The fraction of sp³-hybridized carbons (Fsp3) is 0.632. The van der Waals surface area contributed by atoms with Gasteiger partial charge in [0, 0.05) is 44.2 Å². The van der Waals surface area contributed by atoms with Crippen molar-refractivity contribution < 1.29 is 9.53 Å². The highest BCUT2D eigenvalue weighted by atomic mass is 16.5. The molecule has 24 heavy (non-hydrogen) atoms. The van der Waals surface area contributed by atoms with Crippen LogP contribution < -0.4 is 10.6 Å². The molecule has 1 aromatic rings. The molecule has 1 unspecified atom stereocenters. The summed E-state index contributed by atoms with van der Waals surface area (Å²) >= 11 is 0. The van der Waals surface area contributed by atoms with E-state index in [9.17, 15) is 4.79 Å². The van der Waals surface area contributed by atoms with Gasteiger partial charge in [-0.1, -0.05) is 24.3 Å². The Morgan fingerprint density at radius 1 is 1.38 bits per heavy atom. The van der Waals surface area contributed by atoms with E-state index in [1.165, 1.54) is 11.1 Å². The number of morpholine rings is 1. The molecule has 0 bridgehead atoms. The first kappa shape index (κ1) is 17.4. The summed E-state index contributed by atoms with van der Waals surface area (Å²) in [5.41, 5.74) is 2.81. The van der Waals surface area contributed by atoms with Crippen molar-refractivity contribution in [2.45, 2.75) is 44.8 Å². The zero-order valence-corrected chi connectivity index (χ0v) is 14.8. The Kier molecular flexibility index (Phi) is 5.54. The van der Waals surface area contributed by atoms with Gasteiger partial charge < -0.3 is 15.4 Å². The van der Waals surface area contributed by atoms with E-state index >= 15 is 0 Å². The van der Waals surface area contributed by atoms with Crippen LogP contribution in [0.3, 0.4) is 0 Å². The number of fused-ring (bicyclic) bond motifs is 1. The second-order valence-electron chi connectivity index (χ2n) is 7.46. The molecule has 5 heteroatoms. The molecular formula is C19H29N3O2. The van der Waals surface area contributed by atoms with E-state index in [0.29, 0.717) is 19.6 Å². The largest absolute Gasteiger partial charge is 0.378 e. The van der Waals surface area contributed by atoms with Gasteiger partial charge in [0.2, 0.25) is 5.91 Å². The standard InChI is InChI=1S/C19H29N3O2/c1-19(2,14-21-18(23)11-17-13-24-10-8-20-17)22-9-7-15-5-3-4-6-16(15)12-22/h3-6,17,20H,7-14H2,1-2H3,(H,21,23). The van der Waals surface area contributed by atoms with Gasteiger partial charge in [0.1, 0.15) is 0 Å². The minimum atomic E-state index is -0.0559. The Balaban J connectivity index is 1.49. The predicted molar refractivity (Wildman–Crippen MR) is 94.9 cm³/mol. The molecule has 2 aliphatic rings. The summed E-state index contributed by atoms with van der Waals surface area (Å²) in [6.45, 7) is 9.28. The van der Waals surface area contributed by atoms with Gasteiger partial charge >= 0.3 is 0 Å². The molecule has 1 atom stereocenters. The van der Waals surface area contributed by atoms with E-state index in [-0.39, 0.29) is 17.5 Å². The maximum absolute atomic E-state index is 12.2. The van der Waals surface area contributed by atoms with Gasteiger partial charge in [-0.05, 0) is 31.4 Å². The molecule has 2 heterocycles. The summed E-state index contributed by atoms with van der Waals surface area (Å²) in [5.74, 6) is 0.100. The number of rotatable bonds is 5. The van der Waals surface area contributed by atoms with Crippen molar-refractivity contribution in [1.82, 2.24) is 15.5 Å². The molecule has 0 spiro atoms. The number of carbonyl (C=O) groups excluding carboxylic acids is 1. The number of carbonyl (C=O) groups is 1. The van der Waals surface area contributed by atoms with Crippen LogP contribution >= 0.6 is 0 Å². The number of ether oxygens (including phenoxy) is 1. The molecule has 3 rings (SSSR count). The zero-order chi connectivity index (χ0) is 17.0. The van der Waals surface area contributed by atoms with Crippen molar-refractivity contribution in [2.75, 3.05) is 32.8 Å². The van der Waals surface area contributed by atoms with Crippen molar-refractivity contribution in [3.8, 4) is 0 Å². The first-order valence-electron chi connectivity index (χ1n) is 8.94. The summed E-state index contributed by atoms with van der Waals surface area (Å²) in [6.07, 6.45) is 1.57. The van der Waals surface area contributed by atoms with Crippen molar-refractivity contribution in [3.63, 3.8) is 0 Å². The second-order valence-corrected chi connectivity index (χ2v) is 7.46. The van der Waals surface area contributed by atoms with Crippen LogP contribution in [-0.2, 0) is 22.5 Å². The summed E-state index contributed by atoms with van der Waals surface area (Å²) in [7, 11) is 0. The van der Waals surface area contributed by atoms with Crippen molar-refractivity contribution in [3.05, 3.63) is 35.4 Å². The topological polar surface area (TPSA) is 53.6 Å². The summed E-state index contributed by atoms with van der Waals surface area (Å²) < 4.78 is 5.41. The van der Waals surface area contributed by atoms with Crippen LogP contribution in [0.4, 0.5) is 0 Å². The molecule has 1 amide bonds. The molecular weight excluding hydrogens is 302 g/mol. The first-order valence-corrected chi connectivity index (χ1v) is 8.94. The van der Waals surface area contributed by atoms with Crippen LogP contribution in [0.25, 0.3) is 0 Å². The Hall–Kier alpha value is -1.43. The summed E-state index contributed by atoms with van der Waals surface area (Å²) in [4.78, 5) is 14.7. The van der Waals surface area contributed by atoms with Crippen molar-refractivity contribution in [1.29, 1.82) is 0 Å². The number of nitrogens with zero attached hydrogens (tertiary/aromatic N) is 1. The Labute approximate surface area is 144 Å². The molecule has 5 nitrogen and oxygen atoms in total. The average Bonchev–Trinajstić information content (AvgIpc) is 2.60. The maximum Gasteiger partial charge on any atom is 0.221 e. The van der Waals surface area contributed by atoms with Gasteiger partial charge in [0.25, 0.3) is 0 Å². The number of hydrogen-bond acceptors (Lipinski definition) is 4. The average molecular weight is 331 g/mol. The molecule has 0 saturated carbocycles. The van der Waals surface area contributed by atoms with E-state index in [4.69, 9.17) is 4.74 Å². The van der Waals surface area contributed by atoms with Gasteiger partial charge in [0.05, 0.1) is 13.2 Å². The van der Waals surface area contributed by atoms with Gasteiger partial charge in [-0.3, -0.25) is 9.69 Å². The lowest BCUT2D eigenvalue weighted by atomic mass is 9.94. The lowest BCUT2D eigenvalue weighted by Gasteiger charge is -2.41. The van der Waals surface area contributed by atoms with E-state index in [1.54, 1.807) is 0 Å². The molecule has 0 aromatic heterocycles. The van der Waals surface area contributed by atoms with E-state index in [2.05, 4.69) is 53.6 Å². The van der Waals surface area contributed by atoms with Gasteiger partial charge in [-0.15, -0.1) is 0 Å². The highest BCUT2D eigenvalue weighted by molar-refractivity contribution is 5.76. The quantitative estimate of drug-likeness (QED) is 0.854. The Morgan fingerprint density at radius 2 is 2.17 bits per heavy atom. The van der Waals surface area contributed by atoms with Crippen LogP contribution in [0.15, 0.2) is 24.3 Å². The van der Waals surface area contributed by atoms with Crippen LogP contribution in [-0.4, -0.2) is 55.2 Å². The zero-order valence-electron chi connectivity index (χ0n) is 14.8. The second kappa shape index (κ2) is 7.64. The molecule has 1 saturated heterocycles. The Bertz CT molecular complexity index is 567. The lowest BCUT2D eigenvalue weighted by Crippen LogP contribution is -2.53. The minimum absolute atomic E-state index is 0.0559. The molecule has 1 fully saturated rings. The van der Waals surface area contributed by atoms with E-state index in [0.717, 1.165) is 32.7 Å². The van der Waals surface area contributed by atoms with Crippen LogP contribution in [0.5, 0.6) is 0 Å². The number of hydrogen-bond donors (Lipinski definition) is 2. The van der Waals surface area contributed by atoms with Crippen molar-refractivity contribution >= 4 is 5.91 Å². The highest BCUT2D eigenvalue weighted by Crippen LogP contribution is 2.24. The Morgan fingerprint density at radius 3 is 2.92 bits per heavy atom. The predicted octanol–water partition coefficient (Wildman–Crippen LogP) is 1.32. The molecule has 0 radical (unpaired) electrons. The van der Waals surface area contributed by atoms with Crippen LogP contribution in [0, 0.1) is 0 Å². The third-order valence-corrected chi connectivity index (χ3v) is 5.14. The third kappa shape index (κ3) is 4.35. The van der Waals surface area contributed by atoms with Gasteiger partial charge in [-0.2, -0.15) is 0 Å². The SMILES string of the molecule is CC(C)(CNC(=O)CC1COCCN1)N1CCc2ccccc2C1. The van der Waals surface area contributed by atoms with Gasteiger partial charge in [-0.25, -0.2) is 0 Å². The minimum Gasteiger partial charge on any atom is -0.378 e. The third-order valence-electron chi connectivity index (χ3n) is 5.14. The molecule has 0 aliphatic carbocycles. The normalized spacial score (nSPS) is 22.0. The fourth-order valence-corrected chi connectivity index (χ4v) is 3.49. The molecule has 1 aromatic carbocycles. The molecule has 2 aliphatic heterocycles.